The van der Waals surface area contributed by atoms with Crippen LogP contribution in [-0.2, 0) is 11.2 Å². The SMILES string of the molecule is O=C(Cc1cc(Cl)cc(Cl)c1)N1CCCC(c2nc3c(Cl)cccc3[nH]2)C1. The number of aromatic nitrogens is 2. The lowest BCUT2D eigenvalue weighted by Crippen LogP contribution is -2.40. The van der Waals surface area contributed by atoms with Crippen LogP contribution in [0.5, 0.6) is 0 Å². The van der Waals surface area contributed by atoms with E-state index in [9.17, 15) is 4.79 Å². The predicted molar refractivity (Wildman–Crippen MR) is 110 cm³/mol. The van der Waals surface area contributed by atoms with Crippen LogP contribution in [0.15, 0.2) is 36.4 Å². The summed E-state index contributed by atoms with van der Waals surface area (Å²) in [5.74, 6) is 1.14. The fraction of sp³-hybridized carbons (Fsp3) is 0.300. The quantitative estimate of drug-likeness (QED) is 0.608. The molecule has 2 heterocycles. The zero-order valence-electron chi connectivity index (χ0n) is 14.5. The largest absolute Gasteiger partial charge is 0.342 e. The first-order valence-corrected chi connectivity index (χ1v) is 10.00. The zero-order chi connectivity index (χ0) is 19.0. The molecule has 1 aliphatic rings. The topological polar surface area (TPSA) is 49.0 Å². The molecule has 0 aliphatic carbocycles. The van der Waals surface area contributed by atoms with Crippen molar-refractivity contribution in [2.45, 2.75) is 25.2 Å². The van der Waals surface area contributed by atoms with E-state index in [4.69, 9.17) is 34.8 Å². The van der Waals surface area contributed by atoms with Gasteiger partial charge >= 0.3 is 0 Å². The van der Waals surface area contributed by atoms with Gasteiger partial charge in [-0.1, -0.05) is 40.9 Å². The van der Waals surface area contributed by atoms with Crippen molar-refractivity contribution in [1.82, 2.24) is 14.9 Å². The van der Waals surface area contributed by atoms with E-state index in [1.54, 1.807) is 18.2 Å². The molecule has 2 aromatic carbocycles. The van der Waals surface area contributed by atoms with Gasteiger partial charge in [0.15, 0.2) is 0 Å². The number of para-hydroxylation sites is 1. The summed E-state index contributed by atoms with van der Waals surface area (Å²) in [6, 6.07) is 10.9. The Labute approximate surface area is 172 Å². The Morgan fingerprint density at radius 3 is 2.70 bits per heavy atom. The molecule has 1 aromatic heterocycles. The van der Waals surface area contributed by atoms with Crippen molar-refractivity contribution in [2.24, 2.45) is 0 Å². The van der Waals surface area contributed by atoms with Crippen molar-refractivity contribution in [3.05, 3.63) is 62.9 Å². The lowest BCUT2D eigenvalue weighted by atomic mass is 9.96. The van der Waals surface area contributed by atoms with Crippen LogP contribution in [0, 0.1) is 0 Å². The molecule has 3 aromatic rings. The fourth-order valence-electron chi connectivity index (χ4n) is 3.64. The molecule has 0 bridgehead atoms. The maximum absolute atomic E-state index is 12.8. The molecule has 1 amide bonds. The van der Waals surface area contributed by atoms with Crippen LogP contribution in [0.25, 0.3) is 11.0 Å². The van der Waals surface area contributed by atoms with E-state index in [0.29, 0.717) is 28.0 Å². The number of nitrogens with one attached hydrogen (secondary N) is 1. The van der Waals surface area contributed by atoms with Crippen LogP contribution in [0.4, 0.5) is 0 Å². The van der Waals surface area contributed by atoms with Crippen LogP contribution in [0.1, 0.15) is 30.1 Å². The molecule has 0 spiro atoms. The summed E-state index contributed by atoms with van der Waals surface area (Å²) < 4.78 is 0. The van der Waals surface area contributed by atoms with Crippen LogP contribution in [0.2, 0.25) is 15.1 Å². The standard InChI is InChI=1S/C20H18Cl3N3O/c21-14-7-12(8-15(22)10-14)9-18(27)26-6-2-3-13(11-26)20-24-17-5-1-4-16(23)19(17)25-20/h1,4-5,7-8,10,13H,2-3,6,9,11H2,(H,24,25). The lowest BCUT2D eigenvalue weighted by Gasteiger charge is -2.32. The summed E-state index contributed by atoms with van der Waals surface area (Å²) in [5, 5.41) is 1.72. The van der Waals surface area contributed by atoms with Crippen molar-refractivity contribution >= 4 is 51.7 Å². The summed E-state index contributed by atoms with van der Waals surface area (Å²) in [4.78, 5) is 22.7. The highest BCUT2D eigenvalue weighted by Crippen LogP contribution is 2.29. The molecular formula is C20H18Cl3N3O. The van der Waals surface area contributed by atoms with Crippen LogP contribution < -0.4 is 0 Å². The van der Waals surface area contributed by atoms with Gasteiger partial charge in [0.25, 0.3) is 0 Å². The van der Waals surface area contributed by atoms with Gasteiger partial charge in [0.05, 0.1) is 17.0 Å². The maximum atomic E-state index is 12.8. The maximum Gasteiger partial charge on any atom is 0.227 e. The van der Waals surface area contributed by atoms with Gasteiger partial charge in [-0.3, -0.25) is 4.79 Å². The molecule has 7 heteroatoms. The molecule has 4 rings (SSSR count). The summed E-state index contributed by atoms with van der Waals surface area (Å²) >= 11 is 18.3. The number of amides is 1. The average Bonchev–Trinajstić information content (AvgIpc) is 3.07. The smallest absolute Gasteiger partial charge is 0.227 e. The first-order valence-electron chi connectivity index (χ1n) is 8.86. The summed E-state index contributed by atoms with van der Waals surface area (Å²) in [5.41, 5.74) is 2.54. The minimum atomic E-state index is 0.0761. The van der Waals surface area contributed by atoms with Gasteiger partial charge in [-0.15, -0.1) is 0 Å². The van der Waals surface area contributed by atoms with Gasteiger partial charge in [0.2, 0.25) is 5.91 Å². The number of halogens is 3. The molecule has 0 saturated carbocycles. The number of piperidine rings is 1. The van der Waals surface area contributed by atoms with Gasteiger partial charge in [-0.25, -0.2) is 4.98 Å². The van der Waals surface area contributed by atoms with E-state index in [-0.39, 0.29) is 11.8 Å². The second kappa shape index (κ2) is 7.70. The molecule has 1 saturated heterocycles. The average molecular weight is 423 g/mol. The van der Waals surface area contributed by atoms with Gasteiger partial charge < -0.3 is 9.88 Å². The van der Waals surface area contributed by atoms with Crippen LogP contribution in [-0.4, -0.2) is 33.9 Å². The van der Waals surface area contributed by atoms with Crippen molar-refractivity contribution in [3.8, 4) is 0 Å². The third kappa shape index (κ3) is 4.08. The Balaban J connectivity index is 1.50. The number of hydrogen-bond donors (Lipinski definition) is 1. The summed E-state index contributed by atoms with van der Waals surface area (Å²) in [6.45, 7) is 1.40. The van der Waals surface area contributed by atoms with E-state index in [1.165, 1.54) is 0 Å². The number of benzene rings is 2. The van der Waals surface area contributed by atoms with Crippen molar-refractivity contribution in [3.63, 3.8) is 0 Å². The Kier molecular flexibility index (Phi) is 5.31. The third-order valence-electron chi connectivity index (χ3n) is 4.92. The Hall–Kier alpha value is -1.75. The first-order chi connectivity index (χ1) is 13.0. The third-order valence-corrected chi connectivity index (χ3v) is 5.66. The van der Waals surface area contributed by atoms with Gasteiger partial charge in [-0.2, -0.15) is 0 Å². The molecule has 1 atom stereocenters. The minimum Gasteiger partial charge on any atom is -0.342 e. The highest BCUT2D eigenvalue weighted by Gasteiger charge is 2.27. The number of fused-ring (bicyclic) bond motifs is 1. The predicted octanol–water partition coefficient (Wildman–Crippen LogP) is 5.47. The van der Waals surface area contributed by atoms with Gasteiger partial charge in [0, 0.05) is 29.1 Å². The van der Waals surface area contributed by atoms with E-state index >= 15 is 0 Å². The number of carbonyl (C=O) groups is 1. The van der Waals surface area contributed by atoms with Crippen LogP contribution >= 0.6 is 34.8 Å². The van der Waals surface area contributed by atoms with Crippen LogP contribution in [0.3, 0.4) is 0 Å². The molecule has 0 radical (unpaired) electrons. The second-order valence-electron chi connectivity index (χ2n) is 6.89. The van der Waals surface area contributed by atoms with E-state index in [1.807, 2.05) is 23.1 Å². The number of carbonyl (C=O) groups excluding carboxylic acids is 1. The van der Waals surface area contributed by atoms with Gasteiger partial charge in [0.1, 0.15) is 11.3 Å². The number of H-pyrrole nitrogens is 1. The Morgan fingerprint density at radius 1 is 1.19 bits per heavy atom. The van der Waals surface area contributed by atoms with Gasteiger partial charge in [-0.05, 0) is 48.7 Å². The number of aromatic amines is 1. The number of rotatable bonds is 3. The second-order valence-corrected chi connectivity index (χ2v) is 8.17. The van der Waals surface area contributed by atoms with E-state index < -0.39 is 0 Å². The Bertz CT molecular complexity index is 981. The lowest BCUT2D eigenvalue weighted by molar-refractivity contribution is -0.131. The zero-order valence-corrected chi connectivity index (χ0v) is 16.8. The number of hydrogen-bond acceptors (Lipinski definition) is 2. The van der Waals surface area contributed by atoms with Crippen molar-refractivity contribution in [2.75, 3.05) is 13.1 Å². The minimum absolute atomic E-state index is 0.0761. The molecule has 4 nitrogen and oxygen atoms in total. The number of likely N-dealkylation sites (tertiary alicyclic amines) is 1. The summed E-state index contributed by atoms with van der Waals surface area (Å²) in [6.07, 6.45) is 2.22. The number of imidazole rings is 1. The highest BCUT2D eigenvalue weighted by atomic mass is 35.5. The first kappa shape index (κ1) is 18.6. The van der Waals surface area contributed by atoms with Crippen molar-refractivity contribution < 1.29 is 4.79 Å². The molecule has 27 heavy (non-hydrogen) atoms. The molecule has 1 fully saturated rings. The van der Waals surface area contributed by atoms with Crippen molar-refractivity contribution in [1.29, 1.82) is 0 Å². The monoisotopic (exact) mass is 421 g/mol. The molecule has 140 valence electrons. The highest BCUT2D eigenvalue weighted by molar-refractivity contribution is 6.35. The van der Waals surface area contributed by atoms with E-state index in [2.05, 4.69) is 9.97 Å². The van der Waals surface area contributed by atoms with E-state index in [0.717, 1.165) is 41.8 Å². The fourth-order valence-corrected chi connectivity index (χ4v) is 4.42. The Morgan fingerprint density at radius 2 is 1.96 bits per heavy atom. The normalized spacial score (nSPS) is 17.4. The molecule has 1 unspecified atom stereocenters. The molecule has 1 aliphatic heterocycles. The summed E-state index contributed by atoms with van der Waals surface area (Å²) in [7, 11) is 0. The molecular weight excluding hydrogens is 405 g/mol. The molecule has 1 N–H and O–H groups in total. The number of nitrogens with zero attached hydrogens (tertiary/aromatic N) is 2.